The Balaban J connectivity index is 1.47. The van der Waals surface area contributed by atoms with Crippen LogP contribution in [0.3, 0.4) is 0 Å². The summed E-state index contributed by atoms with van der Waals surface area (Å²) in [4.78, 5) is 22.7. The van der Waals surface area contributed by atoms with Crippen molar-refractivity contribution in [3.63, 3.8) is 0 Å². The molecule has 1 aromatic carbocycles. The minimum Gasteiger partial charge on any atom is -0.444 e. The van der Waals surface area contributed by atoms with E-state index in [1.54, 1.807) is 17.3 Å². The van der Waals surface area contributed by atoms with E-state index in [0.717, 1.165) is 29.5 Å². The number of hydrogen-bond acceptors (Lipinski definition) is 6. The van der Waals surface area contributed by atoms with E-state index in [4.69, 9.17) is 9.26 Å². The monoisotopic (exact) mass is 416 g/mol. The number of aromatic nitrogens is 3. The summed E-state index contributed by atoms with van der Waals surface area (Å²) in [7, 11) is 0. The van der Waals surface area contributed by atoms with Gasteiger partial charge in [-0.2, -0.15) is 4.98 Å². The molecule has 0 spiro atoms. The SMILES string of the molecule is CC(C)(C)OC(=O)N1CCCC1c1nc(-c2ccc(C#Cc3ccncc3)cc2)no1. The number of rotatable bonds is 2. The zero-order valence-electron chi connectivity index (χ0n) is 17.8. The van der Waals surface area contributed by atoms with Crippen LogP contribution in [0.1, 0.15) is 56.7 Å². The average Bonchev–Trinajstić information content (AvgIpc) is 3.42. The summed E-state index contributed by atoms with van der Waals surface area (Å²) in [6.45, 7) is 6.17. The number of nitrogens with zero attached hydrogens (tertiary/aromatic N) is 4. The van der Waals surface area contributed by atoms with E-state index in [-0.39, 0.29) is 12.1 Å². The lowest BCUT2D eigenvalue weighted by Crippen LogP contribution is -2.36. The normalized spacial score (nSPS) is 16.0. The van der Waals surface area contributed by atoms with Gasteiger partial charge in [0.25, 0.3) is 0 Å². The minimum absolute atomic E-state index is 0.262. The van der Waals surface area contributed by atoms with Crippen molar-refractivity contribution in [3.05, 3.63) is 65.8 Å². The molecular weight excluding hydrogens is 392 g/mol. The van der Waals surface area contributed by atoms with Crippen molar-refractivity contribution in [1.82, 2.24) is 20.0 Å². The number of amides is 1. The second-order valence-electron chi connectivity index (χ2n) is 8.35. The Morgan fingerprint density at radius 3 is 2.45 bits per heavy atom. The van der Waals surface area contributed by atoms with Crippen LogP contribution in [0.2, 0.25) is 0 Å². The highest BCUT2D eigenvalue weighted by Gasteiger charge is 2.36. The standard InChI is InChI=1S/C24H24N4O3/c1-24(2,3)30-23(29)28-16-4-5-20(28)22-26-21(27-31-22)19-10-8-17(9-11-19)6-7-18-12-14-25-15-13-18/h8-15,20H,4-5,16H2,1-3H3. The maximum atomic E-state index is 12.5. The molecule has 1 saturated heterocycles. The molecule has 0 radical (unpaired) electrons. The second-order valence-corrected chi connectivity index (χ2v) is 8.35. The Kier molecular flexibility index (Phi) is 5.72. The number of pyridine rings is 1. The molecule has 4 rings (SSSR count). The zero-order valence-corrected chi connectivity index (χ0v) is 17.8. The van der Waals surface area contributed by atoms with E-state index in [1.165, 1.54) is 0 Å². The van der Waals surface area contributed by atoms with Crippen LogP contribution in [0.5, 0.6) is 0 Å². The summed E-state index contributed by atoms with van der Waals surface area (Å²) < 4.78 is 11.0. The van der Waals surface area contributed by atoms with Gasteiger partial charge in [-0.3, -0.25) is 9.88 Å². The van der Waals surface area contributed by atoms with Gasteiger partial charge in [-0.25, -0.2) is 4.79 Å². The molecule has 0 aliphatic carbocycles. The lowest BCUT2D eigenvalue weighted by molar-refractivity contribution is 0.0199. The molecule has 1 amide bonds. The van der Waals surface area contributed by atoms with Crippen LogP contribution in [0.25, 0.3) is 11.4 Å². The zero-order chi connectivity index (χ0) is 21.8. The fraction of sp³-hybridized carbons (Fsp3) is 0.333. The van der Waals surface area contributed by atoms with E-state index in [9.17, 15) is 4.79 Å². The molecule has 0 N–H and O–H groups in total. The Hall–Kier alpha value is -3.66. The number of benzene rings is 1. The first kappa shape index (κ1) is 20.6. The van der Waals surface area contributed by atoms with Crippen molar-refractivity contribution in [3.8, 4) is 23.2 Å². The highest BCUT2D eigenvalue weighted by molar-refractivity contribution is 5.69. The van der Waals surface area contributed by atoms with Gasteiger partial charge in [-0.15, -0.1) is 0 Å². The van der Waals surface area contributed by atoms with E-state index in [1.807, 2.05) is 57.2 Å². The topological polar surface area (TPSA) is 81.4 Å². The minimum atomic E-state index is -0.549. The van der Waals surface area contributed by atoms with Crippen molar-refractivity contribution in [2.45, 2.75) is 45.3 Å². The lowest BCUT2D eigenvalue weighted by Gasteiger charge is -2.26. The molecule has 3 heterocycles. The van der Waals surface area contributed by atoms with Crippen molar-refractivity contribution in [1.29, 1.82) is 0 Å². The highest BCUT2D eigenvalue weighted by atomic mass is 16.6. The number of carbonyl (C=O) groups excluding carboxylic acids is 1. The first-order valence-corrected chi connectivity index (χ1v) is 10.2. The first-order chi connectivity index (χ1) is 14.9. The Bertz CT molecular complexity index is 1110. The third kappa shape index (κ3) is 5.10. The second kappa shape index (κ2) is 8.60. The molecule has 1 aliphatic heterocycles. The maximum Gasteiger partial charge on any atom is 0.410 e. The Morgan fingerprint density at radius 2 is 1.77 bits per heavy atom. The summed E-state index contributed by atoms with van der Waals surface area (Å²) in [5.41, 5.74) is 2.07. The van der Waals surface area contributed by atoms with Gasteiger partial charge in [-0.05, 0) is 70.0 Å². The van der Waals surface area contributed by atoms with E-state index in [2.05, 4.69) is 27.0 Å². The molecule has 1 atom stereocenters. The largest absolute Gasteiger partial charge is 0.444 e. The van der Waals surface area contributed by atoms with E-state index < -0.39 is 5.60 Å². The number of carbonyl (C=O) groups is 1. The van der Waals surface area contributed by atoms with Crippen LogP contribution >= 0.6 is 0 Å². The summed E-state index contributed by atoms with van der Waals surface area (Å²) in [6.07, 6.45) is 4.72. The summed E-state index contributed by atoms with van der Waals surface area (Å²) in [5.74, 6) is 7.15. The molecule has 31 heavy (non-hydrogen) atoms. The molecule has 0 bridgehead atoms. The third-order valence-electron chi connectivity index (χ3n) is 4.78. The average molecular weight is 416 g/mol. The predicted octanol–water partition coefficient (Wildman–Crippen LogP) is 4.60. The molecule has 7 nitrogen and oxygen atoms in total. The first-order valence-electron chi connectivity index (χ1n) is 10.2. The van der Waals surface area contributed by atoms with Gasteiger partial charge in [0, 0.05) is 35.6 Å². The van der Waals surface area contributed by atoms with Crippen LogP contribution in [0, 0.1) is 11.8 Å². The molecular formula is C24H24N4O3. The molecule has 1 aliphatic rings. The predicted molar refractivity (Wildman–Crippen MR) is 115 cm³/mol. The smallest absolute Gasteiger partial charge is 0.410 e. The molecule has 2 aromatic heterocycles. The molecule has 3 aromatic rings. The van der Waals surface area contributed by atoms with Crippen LogP contribution in [0.4, 0.5) is 4.79 Å². The van der Waals surface area contributed by atoms with Crippen LogP contribution < -0.4 is 0 Å². The van der Waals surface area contributed by atoms with E-state index >= 15 is 0 Å². The van der Waals surface area contributed by atoms with Gasteiger partial charge in [0.05, 0.1) is 0 Å². The quantitative estimate of drug-likeness (QED) is 0.568. The molecule has 158 valence electrons. The number of ether oxygens (including phenoxy) is 1. The Labute approximate surface area is 181 Å². The fourth-order valence-corrected chi connectivity index (χ4v) is 3.33. The molecule has 7 heteroatoms. The number of likely N-dealkylation sites (tertiary alicyclic amines) is 1. The summed E-state index contributed by atoms with van der Waals surface area (Å²) in [5, 5.41) is 4.11. The van der Waals surface area contributed by atoms with Gasteiger partial charge >= 0.3 is 6.09 Å². The lowest BCUT2D eigenvalue weighted by atomic mass is 10.1. The molecule has 1 unspecified atom stereocenters. The van der Waals surface area contributed by atoms with Gasteiger partial charge in [0.1, 0.15) is 11.6 Å². The summed E-state index contributed by atoms with van der Waals surface area (Å²) in [6, 6.07) is 11.1. The van der Waals surface area contributed by atoms with Crippen molar-refractivity contribution >= 4 is 6.09 Å². The van der Waals surface area contributed by atoms with Gasteiger partial charge in [0.2, 0.25) is 11.7 Å². The Morgan fingerprint density at radius 1 is 1.10 bits per heavy atom. The maximum absolute atomic E-state index is 12.5. The van der Waals surface area contributed by atoms with Gasteiger partial charge in [0.15, 0.2) is 0 Å². The van der Waals surface area contributed by atoms with E-state index in [0.29, 0.717) is 18.3 Å². The fourth-order valence-electron chi connectivity index (χ4n) is 3.33. The van der Waals surface area contributed by atoms with Crippen molar-refractivity contribution < 1.29 is 14.1 Å². The molecule has 0 saturated carbocycles. The number of hydrogen-bond donors (Lipinski definition) is 0. The van der Waals surface area contributed by atoms with Gasteiger partial charge < -0.3 is 9.26 Å². The third-order valence-corrected chi connectivity index (χ3v) is 4.78. The van der Waals surface area contributed by atoms with Crippen LogP contribution in [0.15, 0.2) is 53.3 Å². The highest BCUT2D eigenvalue weighted by Crippen LogP contribution is 2.33. The van der Waals surface area contributed by atoms with Crippen LogP contribution in [-0.2, 0) is 4.74 Å². The van der Waals surface area contributed by atoms with Gasteiger partial charge in [-0.1, -0.05) is 17.0 Å². The van der Waals surface area contributed by atoms with Crippen molar-refractivity contribution in [2.24, 2.45) is 0 Å². The summed E-state index contributed by atoms with van der Waals surface area (Å²) >= 11 is 0. The van der Waals surface area contributed by atoms with Crippen molar-refractivity contribution in [2.75, 3.05) is 6.54 Å². The molecule has 1 fully saturated rings. The van der Waals surface area contributed by atoms with Crippen LogP contribution in [-0.4, -0.2) is 38.3 Å².